The first-order chi connectivity index (χ1) is 10.2. The molecule has 5 heteroatoms. The molecule has 0 saturated heterocycles. The third-order valence-electron chi connectivity index (χ3n) is 4.46. The summed E-state index contributed by atoms with van der Waals surface area (Å²) in [5.74, 6) is 0.592. The van der Waals surface area contributed by atoms with Crippen molar-refractivity contribution in [2.24, 2.45) is 5.92 Å². The third kappa shape index (κ3) is 3.29. The highest BCUT2D eigenvalue weighted by atomic mass is 15.6. The van der Waals surface area contributed by atoms with Crippen LogP contribution in [0.5, 0.6) is 0 Å². The number of aryl methyl sites for hydroxylation is 1. The van der Waals surface area contributed by atoms with Gasteiger partial charge in [0.1, 0.15) is 0 Å². The Morgan fingerprint density at radius 2 is 2.10 bits per heavy atom. The predicted molar refractivity (Wildman–Crippen MR) is 82.0 cm³/mol. The van der Waals surface area contributed by atoms with Crippen LogP contribution in [0, 0.1) is 5.92 Å². The molecule has 112 valence electrons. The normalized spacial score (nSPS) is 19.5. The van der Waals surface area contributed by atoms with Crippen molar-refractivity contribution in [1.29, 1.82) is 0 Å². The SMILES string of the molecule is CN(C)CCC(C1CCc2ccccc2C1)n1ncnn1. The maximum Gasteiger partial charge on any atom is 0.162 e. The molecular weight excluding hydrogens is 262 g/mol. The standard InChI is InChI=1S/C16H23N5/c1-20(2)10-9-16(21-18-12-17-19-21)15-8-7-13-5-3-4-6-14(13)11-15/h3-6,12,15-16H,7-11H2,1-2H3. The summed E-state index contributed by atoms with van der Waals surface area (Å²) in [6.07, 6.45) is 6.09. The van der Waals surface area contributed by atoms with Crippen LogP contribution in [0.25, 0.3) is 0 Å². The van der Waals surface area contributed by atoms with E-state index in [1.54, 1.807) is 6.33 Å². The minimum atomic E-state index is 0.336. The summed E-state index contributed by atoms with van der Waals surface area (Å²) < 4.78 is 0. The van der Waals surface area contributed by atoms with Gasteiger partial charge in [-0.2, -0.15) is 4.80 Å². The minimum Gasteiger partial charge on any atom is -0.309 e. The Hall–Kier alpha value is -1.75. The maximum atomic E-state index is 4.30. The second-order valence-corrected chi connectivity index (χ2v) is 6.19. The van der Waals surface area contributed by atoms with E-state index < -0.39 is 0 Å². The molecule has 0 spiro atoms. The number of benzene rings is 1. The largest absolute Gasteiger partial charge is 0.309 e. The van der Waals surface area contributed by atoms with Gasteiger partial charge in [-0.05, 0) is 68.6 Å². The summed E-state index contributed by atoms with van der Waals surface area (Å²) in [5, 5.41) is 12.4. The maximum absolute atomic E-state index is 4.30. The van der Waals surface area contributed by atoms with Crippen LogP contribution in [0.15, 0.2) is 30.6 Å². The fourth-order valence-electron chi connectivity index (χ4n) is 3.31. The summed E-state index contributed by atoms with van der Waals surface area (Å²) >= 11 is 0. The fourth-order valence-corrected chi connectivity index (χ4v) is 3.31. The van der Waals surface area contributed by atoms with Crippen molar-refractivity contribution in [3.05, 3.63) is 41.7 Å². The van der Waals surface area contributed by atoms with Gasteiger partial charge >= 0.3 is 0 Å². The van der Waals surface area contributed by atoms with Crippen LogP contribution < -0.4 is 0 Å². The lowest BCUT2D eigenvalue weighted by Crippen LogP contribution is -2.30. The first-order valence-electron chi connectivity index (χ1n) is 7.68. The fraction of sp³-hybridized carbons (Fsp3) is 0.562. The van der Waals surface area contributed by atoms with Gasteiger partial charge in [-0.3, -0.25) is 0 Å². The zero-order chi connectivity index (χ0) is 14.7. The Labute approximate surface area is 126 Å². The number of rotatable bonds is 5. The highest BCUT2D eigenvalue weighted by molar-refractivity contribution is 5.29. The number of tetrazole rings is 1. The summed E-state index contributed by atoms with van der Waals surface area (Å²) in [6.45, 7) is 1.05. The van der Waals surface area contributed by atoms with Gasteiger partial charge in [0.2, 0.25) is 0 Å². The van der Waals surface area contributed by atoms with Crippen molar-refractivity contribution in [3.8, 4) is 0 Å². The van der Waals surface area contributed by atoms with Gasteiger partial charge in [-0.25, -0.2) is 0 Å². The predicted octanol–water partition coefficient (Wildman–Crippen LogP) is 1.97. The molecule has 2 atom stereocenters. The quantitative estimate of drug-likeness (QED) is 0.842. The summed E-state index contributed by atoms with van der Waals surface area (Å²) in [5.41, 5.74) is 3.00. The summed E-state index contributed by atoms with van der Waals surface area (Å²) in [4.78, 5) is 4.04. The van der Waals surface area contributed by atoms with Crippen molar-refractivity contribution < 1.29 is 0 Å². The van der Waals surface area contributed by atoms with Gasteiger partial charge in [0.05, 0.1) is 6.04 Å². The molecule has 0 fully saturated rings. The molecule has 0 saturated carbocycles. The average molecular weight is 285 g/mol. The number of nitrogens with zero attached hydrogens (tertiary/aromatic N) is 5. The van der Waals surface area contributed by atoms with Crippen LogP contribution in [0.3, 0.4) is 0 Å². The first kappa shape index (κ1) is 14.2. The van der Waals surface area contributed by atoms with Crippen LogP contribution in [0.2, 0.25) is 0 Å². The highest BCUT2D eigenvalue weighted by Gasteiger charge is 2.28. The Balaban J connectivity index is 1.78. The molecule has 0 aliphatic heterocycles. The van der Waals surface area contributed by atoms with E-state index >= 15 is 0 Å². The smallest absolute Gasteiger partial charge is 0.162 e. The van der Waals surface area contributed by atoms with E-state index in [2.05, 4.69) is 58.7 Å². The van der Waals surface area contributed by atoms with Crippen LogP contribution in [-0.4, -0.2) is 45.7 Å². The highest BCUT2D eigenvalue weighted by Crippen LogP contribution is 2.33. The second kappa shape index (κ2) is 6.35. The Kier molecular flexibility index (Phi) is 4.29. The van der Waals surface area contributed by atoms with Crippen LogP contribution in [0.4, 0.5) is 0 Å². The number of aromatic nitrogens is 4. The van der Waals surface area contributed by atoms with Crippen molar-refractivity contribution in [3.63, 3.8) is 0 Å². The summed E-state index contributed by atoms with van der Waals surface area (Å²) in [6, 6.07) is 9.14. The van der Waals surface area contributed by atoms with E-state index in [4.69, 9.17) is 0 Å². The lowest BCUT2D eigenvalue weighted by atomic mass is 9.79. The molecule has 1 aromatic heterocycles. The second-order valence-electron chi connectivity index (χ2n) is 6.19. The average Bonchev–Trinajstić information content (AvgIpc) is 3.01. The zero-order valence-electron chi connectivity index (χ0n) is 12.8. The molecule has 1 aliphatic rings. The van der Waals surface area contributed by atoms with Gasteiger partial charge < -0.3 is 4.90 Å². The first-order valence-corrected chi connectivity index (χ1v) is 7.68. The molecule has 0 radical (unpaired) electrons. The Morgan fingerprint density at radius 3 is 2.81 bits per heavy atom. The molecule has 1 heterocycles. The number of hydrogen-bond donors (Lipinski definition) is 0. The van der Waals surface area contributed by atoms with Gasteiger partial charge in [-0.1, -0.05) is 24.3 Å². The molecule has 0 N–H and O–H groups in total. The molecule has 21 heavy (non-hydrogen) atoms. The van der Waals surface area contributed by atoms with Gasteiger partial charge in [0.25, 0.3) is 0 Å². The van der Waals surface area contributed by atoms with Crippen LogP contribution >= 0.6 is 0 Å². The molecular formula is C16H23N5. The Morgan fingerprint density at radius 1 is 1.29 bits per heavy atom. The number of hydrogen-bond acceptors (Lipinski definition) is 4. The van der Waals surface area contributed by atoms with E-state index in [1.807, 2.05) is 4.80 Å². The molecule has 1 aliphatic carbocycles. The van der Waals surface area contributed by atoms with Crippen molar-refractivity contribution in [1.82, 2.24) is 25.1 Å². The lowest BCUT2D eigenvalue weighted by molar-refractivity contribution is 0.217. The van der Waals surface area contributed by atoms with Gasteiger partial charge in [-0.15, -0.1) is 10.2 Å². The topological polar surface area (TPSA) is 46.8 Å². The van der Waals surface area contributed by atoms with E-state index in [0.717, 1.165) is 25.8 Å². The van der Waals surface area contributed by atoms with E-state index in [0.29, 0.717) is 12.0 Å². The van der Waals surface area contributed by atoms with Gasteiger partial charge in [0.15, 0.2) is 6.33 Å². The van der Waals surface area contributed by atoms with E-state index in [1.165, 1.54) is 17.5 Å². The molecule has 1 aromatic carbocycles. The monoisotopic (exact) mass is 285 g/mol. The molecule has 3 rings (SSSR count). The molecule has 2 aromatic rings. The number of fused-ring (bicyclic) bond motifs is 1. The molecule has 5 nitrogen and oxygen atoms in total. The van der Waals surface area contributed by atoms with Crippen LogP contribution in [-0.2, 0) is 12.8 Å². The molecule has 0 amide bonds. The molecule has 2 unspecified atom stereocenters. The molecule has 0 bridgehead atoms. The third-order valence-corrected chi connectivity index (χ3v) is 4.46. The van der Waals surface area contributed by atoms with Crippen molar-refractivity contribution in [2.45, 2.75) is 31.7 Å². The van der Waals surface area contributed by atoms with Crippen molar-refractivity contribution in [2.75, 3.05) is 20.6 Å². The Bertz CT molecular complexity index is 564. The lowest BCUT2D eigenvalue weighted by Gasteiger charge is -2.31. The van der Waals surface area contributed by atoms with E-state index in [9.17, 15) is 0 Å². The van der Waals surface area contributed by atoms with Crippen molar-refractivity contribution >= 4 is 0 Å². The van der Waals surface area contributed by atoms with Crippen LogP contribution in [0.1, 0.15) is 30.0 Å². The summed E-state index contributed by atoms with van der Waals surface area (Å²) in [7, 11) is 4.23. The van der Waals surface area contributed by atoms with Gasteiger partial charge in [0, 0.05) is 0 Å². The van der Waals surface area contributed by atoms with E-state index in [-0.39, 0.29) is 0 Å². The minimum absolute atomic E-state index is 0.336. The zero-order valence-corrected chi connectivity index (χ0v) is 12.8.